The van der Waals surface area contributed by atoms with Gasteiger partial charge in [0.15, 0.2) is 0 Å². The van der Waals surface area contributed by atoms with Crippen LogP contribution in [0.15, 0.2) is 58.4 Å². The van der Waals surface area contributed by atoms with Crippen LogP contribution in [-0.2, 0) is 13.0 Å². The van der Waals surface area contributed by atoms with E-state index in [1.54, 1.807) is 0 Å². The summed E-state index contributed by atoms with van der Waals surface area (Å²) in [5.41, 5.74) is 1.34. The number of hydrogen-bond acceptors (Lipinski definition) is 2. The number of halogens is 1. The molecule has 0 radical (unpaired) electrons. The van der Waals surface area contributed by atoms with Gasteiger partial charge < -0.3 is 5.32 Å². The van der Waals surface area contributed by atoms with Gasteiger partial charge >= 0.3 is 0 Å². The average molecular weight is 346 g/mol. The molecule has 0 unspecified atom stereocenters. The van der Waals surface area contributed by atoms with Gasteiger partial charge in [-0.15, -0.1) is 11.3 Å². The molecular weight excluding hydrogens is 330 g/mol. The van der Waals surface area contributed by atoms with Gasteiger partial charge in [-0.2, -0.15) is 0 Å². The van der Waals surface area contributed by atoms with E-state index in [4.69, 9.17) is 0 Å². The molecule has 0 aliphatic heterocycles. The van der Waals surface area contributed by atoms with Crippen molar-refractivity contribution in [3.8, 4) is 0 Å². The van der Waals surface area contributed by atoms with Crippen molar-refractivity contribution in [2.45, 2.75) is 13.0 Å². The third kappa shape index (κ3) is 3.48. The fourth-order valence-corrected chi connectivity index (χ4v) is 3.76. The van der Waals surface area contributed by atoms with Crippen molar-refractivity contribution < 1.29 is 0 Å². The lowest BCUT2D eigenvalue weighted by molar-refractivity contribution is 0.691. The van der Waals surface area contributed by atoms with E-state index < -0.39 is 0 Å². The van der Waals surface area contributed by atoms with E-state index in [1.807, 2.05) is 11.3 Å². The summed E-state index contributed by atoms with van der Waals surface area (Å²) in [5, 5.41) is 6.13. The van der Waals surface area contributed by atoms with Crippen molar-refractivity contribution in [1.29, 1.82) is 0 Å². The first kappa shape index (κ1) is 13.8. The number of fused-ring (bicyclic) bond motifs is 1. The maximum absolute atomic E-state index is 3.52. The van der Waals surface area contributed by atoms with Crippen LogP contribution in [0.5, 0.6) is 0 Å². The van der Waals surface area contributed by atoms with Crippen molar-refractivity contribution in [2.75, 3.05) is 6.54 Å². The molecule has 3 rings (SSSR count). The van der Waals surface area contributed by atoms with E-state index in [1.165, 1.54) is 25.0 Å². The highest BCUT2D eigenvalue weighted by Crippen LogP contribution is 2.22. The van der Waals surface area contributed by atoms with Crippen LogP contribution in [0.1, 0.15) is 10.4 Å². The molecule has 0 bridgehead atoms. The summed E-state index contributed by atoms with van der Waals surface area (Å²) >= 11 is 5.31. The van der Waals surface area contributed by atoms with Crippen LogP contribution in [-0.4, -0.2) is 6.54 Å². The predicted octanol–water partition coefficient (Wildman–Crippen LogP) is 5.00. The predicted molar refractivity (Wildman–Crippen MR) is 91.4 cm³/mol. The monoisotopic (exact) mass is 345 g/mol. The Morgan fingerprint density at radius 1 is 0.950 bits per heavy atom. The van der Waals surface area contributed by atoms with Crippen LogP contribution in [0, 0.1) is 0 Å². The van der Waals surface area contributed by atoms with Crippen LogP contribution in [0.2, 0.25) is 0 Å². The number of hydrogen-bond donors (Lipinski definition) is 1. The molecule has 0 saturated heterocycles. The van der Waals surface area contributed by atoms with Gasteiger partial charge in [0.2, 0.25) is 0 Å². The zero-order valence-corrected chi connectivity index (χ0v) is 13.5. The molecule has 0 fully saturated rings. The topological polar surface area (TPSA) is 12.0 Å². The van der Waals surface area contributed by atoms with Crippen molar-refractivity contribution in [2.24, 2.45) is 0 Å². The van der Waals surface area contributed by atoms with Gasteiger partial charge in [0.25, 0.3) is 0 Å². The van der Waals surface area contributed by atoms with Crippen LogP contribution < -0.4 is 5.32 Å². The lowest BCUT2D eigenvalue weighted by Crippen LogP contribution is -2.16. The molecule has 1 heterocycles. The van der Waals surface area contributed by atoms with Crippen molar-refractivity contribution in [3.63, 3.8) is 0 Å². The van der Waals surface area contributed by atoms with Crippen LogP contribution in [0.3, 0.4) is 0 Å². The second kappa shape index (κ2) is 6.53. The largest absolute Gasteiger partial charge is 0.312 e. The van der Waals surface area contributed by atoms with Gasteiger partial charge in [-0.3, -0.25) is 0 Å². The highest BCUT2D eigenvalue weighted by Gasteiger charge is 1.99. The Morgan fingerprint density at radius 3 is 2.60 bits per heavy atom. The van der Waals surface area contributed by atoms with Crippen molar-refractivity contribution >= 4 is 38.0 Å². The molecule has 3 heteroatoms. The minimum Gasteiger partial charge on any atom is -0.312 e. The molecule has 0 spiro atoms. The number of rotatable bonds is 5. The molecule has 0 saturated carbocycles. The molecule has 102 valence electrons. The fraction of sp³-hybridized carbons (Fsp3) is 0.176. The Hall–Kier alpha value is -1.16. The van der Waals surface area contributed by atoms with E-state index in [0.717, 1.165) is 19.5 Å². The van der Waals surface area contributed by atoms with E-state index >= 15 is 0 Å². The molecule has 1 aromatic heterocycles. The van der Waals surface area contributed by atoms with Gasteiger partial charge in [-0.05, 0) is 56.9 Å². The summed E-state index contributed by atoms with van der Waals surface area (Å²) in [6.07, 6.45) is 1.09. The first-order valence-electron chi connectivity index (χ1n) is 6.74. The van der Waals surface area contributed by atoms with E-state index in [9.17, 15) is 0 Å². The summed E-state index contributed by atoms with van der Waals surface area (Å²) in [4.78, 5) is 1.42. The van der Waals surface area contributed by atoms with E-state index in [-0.39, 0.29) is 0 Å². The minimum absolute atomic E-state index is 0.928. The smallest absolute Gasteiger partial charge is 0.0701 e. The molecular formula is C17H16BrNS. The molecule has 1 nitrogen and oxygen atoms in total. The molecule has 0 aliphatic carbocycles. The number of nitrogens with one attached hydrogen (secondary N) is 1. The maximum Gasteiger partial charge on any atom is 0.0701 e. The van der Waals surface area contributed by atoms with Crippen LogP contribution in [0.25, 0.3) is 10.8 Å². The Kier molecular flexibility index (Phi) is 4.51. The highest BCUT2D eigenvalue weighted by molar-refractivity contribution is 9.11. The van der Waals surface area contributed by atoms with Crippen LogP contribution in [0.4, 0.5) is 0 Å². The molecule has 0 amide bonds. The highest BCUT2D eigenvalue weighted by atomic mass is 79.9. The third-order valence-electron chi connectivity index (χ3n) is 3.32. The number of thiophene rings is 1. The third-order valence-corrected chi connectivity index (χ3v) is 5.00. The molecule has 3 aromatic rings. The lowest BCUT2D eigenvalue weighted by Gasteiger charge is -2.05. The van der Waals surface area contributed by atoms with Crippen molar-refractivity contribution in [1.82, 2.24) is 5.32 Å². The van der Waals surface area contributed by atoms with Gasteiger partial charge in [0.05, 0.1) is 3.79 Å². The SMILES string of the molecule is Brc1ccc(CCNCc2ccc3ccccc3c2)s1. The van der Waals surface area contributed by atoms with Crippen LogP contribution >= 0.6 is 27.3 Å². The first-order chi connectivity index (χ1) is 9.81. The zero-order valence-electron chi connectivity index (χ0n) is 11.1. The Bertz CT molecular complexity index is 705. The number of benzene rings is 2. The standard InChI is InChI=1S/C17H16BrNS/c18-17-8-7-16(20-17)9-10-19-12-13-5-6-14-3-1-2-4-15(14)11-13/h1-8,11,19H,9-10,12H2. The second-order valence-corrected chi connectivity index (χ2v) is 7.36. The van der Waals surface area contributed by atoms with Gasteiger partial charge in [0.1, 0.15) is 0 Å². The average Bonchev–Trinajstić information content (AvgIpc) is 2.89. The zero-order chi connectivity index (χ0) is 13.8. The Morgan fingerprint density at radius 2 is 1.80 bits per heavy atom. The van der Waals surface area contributed by atoms with Gasteiger partial charge in [0, 0.05) is 18.0 Å². The molecule has 2 aromatic carbocycles. The lowest BCUT2D eigenvalue weighted by atomic mass is 10.1. The van der Waals surface area contributed by atoms with Gasteiger partial charge in [-0.25, -0.2) is 0 Å². The Labute approximate surface area is 131 Å². The summed E-state index contributed by atoms with van der Waals surface area (Å²) in [6, 6.07) is 19.5. The molecule has 1 N–H and O–H groups in total. The summed E-state index contributed by atoms with van der Waals surface area (Å²) in [7, 11) is 0. The molecule has 0 aliphatic rings. The van der Waals surface area contributed by atoms with E-state index in [0.29, 0.717) is 0 Å². The quantitative estimate of drug-likeness (QED) is 0.642. The fourth-order valence-electron chi connectivity index (χ4n) is 2.28. The maximum atomic E-state index is 3.52. The normalized spacial score (nSPS) is 11.1. The first-order valence-corrected chi connectivity index (χ1v) is 8.35. The summed E-state index contributed by atoms with van der Waals surface area (Å²) < 4.78 is 1.21. The Balaban J connectivity index is 1.54. The summed E-state index contributed by atoms with van der Waals surface area (Å²) in [5.74, 6) is 0. The minimum atomic E-state index is 0.928. The molecule has 20 heavy (non-hydrogen) atoms. The van der Waals surface area contributed by atoms with Crippen molar-refractivity contribution in [3.05, 3.63) is 68.8 Å². The van der Waals surface area contributed by atoms with E-state index in [2.05, 4.69) is 75.8 Å². The second-order valence-electron chi connectivity index (χ2n) is 4.81. The van der Waals surface area contributed by atoms with Gasteiger partial charge in [-0.1, -0.05) is 36.4 Å². The summed E-state index contributed by atoms with van der Waals surface area (Å²) in [6.45, 7) is 1.94. The molecule has 0 atom stereocenters.